The summed E-state index contributed by atoms with van der Waals surface area (Å²) in [5, 5.41) is 18.8. The lowest BCUT2D eigenvalue weighted by Crippen LogP contribution is -2.20. The summed E-state index contributed by atoms with van der Waals surface area (Å²) < 4.78 is 5.53. The van der Waals surface area contributed by atoms with Gasteiger partial charge in [0.1, 0.15) is 12.4 Å². The van der Waals surface area contributed by atoms with E-state index in [0.29, 0.717) is 17.1 Å². The van der Waals surface area contributed by atoms with Crippen molar-refractivity contribution >= 4 is 11.8 Å². The van der Waals surface area contributed by atoms with Crippen LogP contribution in [0.1, 0.15) is 16.7 Å². The van der Waals surface area contributed by atoms with Crippen molar-refractivity contribution in [3.63, 3.8) is 0 Å². The molecule has 0 fully saturated rings. The van der Waals surface area contributed by atoms with Crippen LogP contribution in [0.5, 0.6) is 5.75 Å². The summed E-state index contributed by atoms with van der Waals surface area (Å²) in [5.41, 5.74) is 3.06. The molecule has 1 unspecified atom stereocenters. The number of rotatable bonds is 6. The van der Waals surface area contributed by atoms with Gasteiger partial charge in [-0.05, 0) is 49.7 Å². The maximum absolute atomic E-state index is 10.0. The molecule has 0 aliphatic rings. The predicted molar refractivity (Wildman–Crippen MR) is 89.3 cm³/mol. The molecule has 22 heavy (non-hydrogen) atoms. The van der Waals surface area contributed by atoms with E-state index in [2.05, 4.69) is 38.1 Å². The van der Waals surface area contributed by atoms with Crippen LogP contribution in [-0.2, 0) is 0 Å². The van der Waals surface area contributed by atoms with Crippen LogP contribution in [0.3, 0.4) is 0 Å². The molecule has 0 saturated carbocycles. The highest BCUT2D eigenvalue weighted by molar-refractivity contribution is 7.99. The summed E-state index contributed by atoms with van der Waals surface area (Å²) in [7, 11) is 0. The second-order valence-electron chi connectivity index (χ2n) is 5.18. The Kier molecular flexibility index (Phi) is 5.88. The van der Waals surface area contributed by atoms with Gasteiger partial charge in [-0.2, -0.15) is 5.26 Å². The average molecular weight is 313 g/mol. The fourth-order valence-electron chi connectivity index (χ4n) is 2.01. The molecule has 0 bridgehead atoms. The van der Waals surface area contributed by atoms with E-state index >= 15 is 0 Å². The smallest absolute Gasteiger partial charge is 0.119 e. The van der Waals surface area contributed by atoms with Gasteiger partial charge >= 0.3 is 0 Å². The molecular formula is C18H19NO2S. The van der Waals surface area contributed by atoms with Crippen LogP contribution in [0.15, 0.2) is 47.4 Å². The number of thioether (sulfide) groups is 1. The first-order valence-corrected chi connectivity index (χ1v) is 8.08. The number of hydrogen-bond donors (Lipinski definition) is 1. The minimum atomic E-state index is -0.540. The van der Waals surface area contributed by atoms with Crippen LogP contribution < -0.4 is 4.74 Å². The fourth-order valence-corrected chi connectivity index (χ4v) is 2.93. The number of nitrogens with zero attached hydrogens (tertiary/aromatic N) is 1. The van der Waals surface area contributed by atoms with Crippen molar-refractivity contribution in [2.45, 2.75) is 24.8 Å². The molecule has 3 nitrogen and oxygen atoms in total. The molecule has 2 aromatic carbocycles. The second kappa shape index (κ2) is 7.88. The van der Waals surface area contributed by atoms with Gasteiger partial charge in [0.15, 0.2) is 0 Å². The van der Waals surface area contributed by atoms with E-state index in [9.17, 15) is 5.11 Å². The van der Waals surface area contributed by atoms with Crippen molar-refractivity contribution in [3.8, 4) is 11.8 Å². The van der Waals surface area contributed by atoms with Crippen molar-refractivity contribution in [1.82, 2.24) is 0 Å². The van der Waals surface area contributed by atoms with E-state index in [1.54, 1.807) is 36.0 Å². The minimum absolute atomic E-state index is 0.240. The van der Waals surface area contributed by atoms with Crippen molar-refractivity contribution in [3.05, 3.63) is 59.2 Å². The molecular weight excluding hydrogens is 294 g/mol. The average Bonchev–Trinajstić information content (AvgIpc) is 2.52. The van der Waals surface area contributed by atoms with Gasteiger partial charge < -0.3 is 9.84 Å². The van der Waals surface area contributed by atoms with Gasteiger partial charge in [0.2, 0.25) is 0 Å². The van der Waals surface area contributed by atoms with E-state index < -0.39 is 6.10 Å². The number of nitriles is 1. The zero-order chi connectivity index (χ0) is 15.9. The summed E-state index contributed by atoms with van der Waals surface area (Å²) in [6.07, 6.45) is -0.540. The van der Waals surface area contributed by atoms with Gasteiger partial charge in [0.05, 0.1) is 17.7 Å². The molecule has 4 heteroatoms. The van der Waals surface area contributed by atoms with Crippen molar-refractivity contribution in [1.29, 1.82) is 5.26 Å². The lowest BCUT2D eigenvalue weighted by molar-refractivity contribution is 0.126. The van der Waals surface area contributed by atoms with E-state index in [-0.39, 0.29) is 6.61 Å². The van der Waals surface area contributed by atoms with Gasteiger partial charge in [0.25, 0.3) is 0 Å². The van der Waals surface area contributed by atoms with Gasteiger partial charge in [-0.3, -0.25) is 0 Å². The van der Waals surface area contributed by atoms with Crippen LogP contribution >= 0.6 is 11.8 Å². The first-order valence-electron chi connectivity index (χ1n) is 7.09. The Hall–Kier alpha value is -1.96. The number of aryl methyl sites for hydroxylation is 2. The molecule has 0 saturated heterocycles. The zero-order valence-electron chi connectivity index (χ0n) is 12.7. The number of aliphatic hydroxyl groups excluding tert-OH is 1. The lowest BCUT2D eigenvalue weighted by atomic mass is 10.2. The summed E-state index contributed by atoms with van der Waals surface area (Å²) >= 11 is 1.63. The first kappa shape index (κ1) is 16.4. The Bertz CT molecular complexity index is 662. The maximum atomic E-state index is 10.0. The topological polar surface area (TPSA) is 53.2 Å². The maximum Gasteiger partial charge on any atom is 0.119 e. The molecule has 1 N–H and O–H groups in total. The SMILES string of the molecule is Cc1ccc(SCC(O)COc2ccc(C#N)cc2)c(C)c1. The lowest BCUT2D eigenvalue weighted by Gasteiger charge is -2.13. The fraction of sp³-hybridized carbons (Fsp3) is 0.278. The van der Waals surface area contributed by atoms with E-state index in [0.717, 1.165) is 0 Å². The third kappa shape index (κ3) is 4.80. The summed E-state index contributed by atoms with van der Waals surface area (Å²) in [6, 6.07) is 15.2. The Morgan fingerprint density at radius 1 is 1.18 bits per heavy atom. The Morgan fingerprint density at radius 2 is 1.91 bits per heavy atom. The summed E-state index contributed by atoms with van der Waals surface area (Å²) in [4.78, 5) is 1.18. The largest absolute Gasteiger partial charge is 0.491 e. The molecule has 0 spiro atoms. The van der Waals surface area contributed by atoms with Crippen LogP contribution in [0, 0.1) is 25.2 Å². The number of hydrogen-bond acceptors (Lipinski definition) is 4. The quantitative estimate of drug-likeness (QED) is 0.826. The van der Waals surface area contributed by atoms with Crippen molar-refractivity contribution in [2.24, 2.45) is 0 Å². The second-order valence-corrected chi connectivity index (χ2v) is 6.24. The standard InChI is InChI=1S/C18H19NO2S/c1-13-3-8-18(14(2)9-13)22-12-16(20)11-21-17-6-4-15(10-19)5-7-17/h3-9,16,20H,11-12H2,1-2H3. The molecule has 114 valence electrons. The van der Waals surface area contributed by atoms with Gasteiger partial charge in [-0.25, -0.2) is 0 Å². The zero-order valence-corrected chi connectivity index (χ0v) is 13.6. The van der Waals surface area contributed by atoms with E-state index in [4.69, 9.17) is 10.00 Å². The summed E-state index contributed by atoms with van der Waals surface area (Å²) in [5.74, 6) is 1.25. The molecule has 0 aromatic heterocycles. The minimum Gasteiger partial charge on any atom is -0.491 e. The van der Waals surface area contributed by atoms with Crippen LogP contribution in [0.25, 0.3) is 0 Å². The third-order valence-corrected chi connectivity index (χ3v) is 4.51. The Balaban J connectivity index is 1.80. The van der Waals surface area contributed by atoms with Gasteiger partial charge in [-0.15, -0.1) is 11.8 Å². The number of ether oxygens (including phenoxy) is 1. The van der Waals surface area contributed by atoms with E-state index in [1.165, 1.54) is 16.0 Å². The highest BCUT2D eigenvalue weighted by atomic mass is 32.2. The number of benzene rings is 2. The third-order valence-electron chi connectivity index (χ3n) is 3.19. The molecule has 0 radical (unpaired) electrons. The molecule has 0 aliphatic carbocycles. The highest BCUT2D eigenvalue weighted by Crippen LogP contribution is 2.24. The molecule has 2 aromatic rings. The molecule has 1 atom stereocenters. The van der Waals surface area contributed by atoms with Crippen molar-refractivity contribution < 1.29 is 9.84 Å². The van der Waals surface area contributed by atoms with Crippen LogP contribution in [0.2, 0.25) is 0 Å². The van der Waals surface area contributed by atoms with Gasteiger partial charge in [-0.1, -0.05) is 17.7 Å². The molecule has 0 heterocycles. The molecule has 0 amide bonds. The van der Waals surface area contributed by atoms with Gasteiger partial charge in [0, 0.05) is 10.6 Å². The summed E-state index contributed by atoms with van der Waals surface area (Å²) in [6.45, 7) is 4.39. The molecule has 2 rings (SSSR count). The first-order chi connectivity index (χ1) is 10.6. The highest BCUT2D eigenvalue weighted by Gasteiger charge is 2.08. The predicted octanol–water partition coefficient (Wildman–Crippen LogP) is 3.71. The Labute approximate surface area is 135 Å². The van der Waals surface area contributed by atoms with Crippen LogP contribution in [-0.4, -0.2) is 23.6 Å². The molecule has 0 aliphatic heterocycles. The normalized spacial score (nSPS) is 11.7. The monoisotopic (exact) mass is 313 g/mol. The Morgan fingerprint density at radius 3 is 2.55 bits per heavy atom. The van der Waals surface area contributed by atoms with Crippen molar-refractivity contribution in [2.75, 3.05) is 12.4 Å². The van der Waals surface area contributed by atoms with E-state index in [1.807, 2.05) is 0 Å². The van der Waals surface area contributed by atoms with Crippen LogP contribution in [0.4, 0.5) is 0 Å². The number of aliphatic hydroxyl groups is 1.